The lowest BCUT2D eigenvalue weighted by atomic mass is 10.1. The van der Waals surface area contributed by atoms with Gasteiger partial charge in [0.15, 0.2) is 5.65 Å². The minimum absolute atomic E-state index is 0.0267. The fourth-order valence-electron chi connectivity index (χ4n) is 3.85. The number of benzene rings is 1. The molecule has 1 atom stereocenters. The van der Waals surface area contributed by atoms with Crippen LogP contribution in [0.25, 0.3) is 11.2 Å². The molecule has 3 heterocycles. The predicted molar refractivity (Wildman–Crippen MR) is 104 cm³/mol. The van der Waals surface area contributed by atoms with Gasteiger partial charge in [-0.15, -0.1) is 0 Å². The highest BCUT2D eigenvalue weighted by atomic mass is 16.5. The first-order valence-electron chi connectivity index (χ1n) is 9.55. The molecular formula is C21H24N4O2. The van der Waals surface area contributed by atoms with Gasteiger partial charge >= 0.3 is 0 Å². The van der Waals surface area contributed by atoms with E-state index in [0.29, 0.717) is 24.5 Å². The molecule has 0 saturated carbocycles. The van der Waals surface area contributed by atoms with E-state index in [0.717, 1.165) is 36.5 Å². The second kappa shape index (κ2) is 7.39. The molecule has 4 rings (SSSR count). The van der Waals surface area contributed by atoms with Crippen molar-refractivity contribution in [2.45, 2.75) is 32.7 Å². The number of rotatable bonds is 5. The summed E-state index contributed by atoms with van der Waals surface area (Å²) in [4.78, 5) is 24.3. The highest BCUT2D eigenvalue weighted by molar-refractivity contribution is 5.97. The van der Waals surface area contributed by atoms with Crippen molar-refractivity contribution in [3.05, 3.63) is 54.0 Å². The molecular weight excluding hydrogens is 340 g/mol. The van der Waals surface area contributed by atoms with Crippen molar-refractivity contribution in [1.82, 2.24) is 19.4 Å². The van der Waals surface area contributed by atoms with Crippen molar-refractivity contribution in [2.75, 3.05) is 19.7 Å². The van der Waals surface area contributed by atoms with Gasteiger partial charge in [0.1, 0.15) is 17.1 Å². The lowest BCUT2D eigenvalue weighted by molar-refractivity contribution is 0.0786. The topological polar surface area (TPSA) is 60.2 Å². The number of aromatic nitrogens is 3. The molecule has 0 unspecified atom stereocenters. The normalized spacial score (nSPS) is 16.8. The van der Waals surface area contributed by atoms with Gasteiger partial charge in [0.2, 0.25) is 0 Å². The second-order valence-corrected chi connectivity index (χ2v) is 6.73. The molecule has 0 spiro atoms. The van der Waals surface area contributed by atoms with Crippen molar-refractivity contribution in [3.8, 4) is 5.75 Å². The molecule has 1 aliphatic rings. The van der Waals surface area contributed by atoms with Crippen LogP contribution in [-0.4, -0.2) is 45.0 Å². The van der Waals surface area contributed by atoms with Crippen molar-refractivity contribution < 1.29 is 9.53 Å². The van der Waals surface area contributed by atoms with Crippen LogP contribution in [0.5, 0.6) is 5.75 Å². The average molecular weight is 364 g/mol. The number of aryl methyl sites for hydroxylation is 1. The molecule has 0 bridgehead atoms. The number of hydrogen-bond acceptors (Lipinski definition) is 4. The number of nitrogens with zero attached hydrogens (tertiary/aromatic N) is 4. The summed E-state index contributed by atoms with van der Waals surface area (Å²) in [6.45, 7) is 6.79. The smallest absolute Gasteiger partial charge is 0.257 e. The minimum Gasteiger partial charge on any atom is -0.493 e. The summed E-state index contributed by atoms with van der Waals surface area (Å²) < 4.78 is 7.80. The van der Waals surface area contributed by atoms with E-state index >= 15 is 0 Å². The molecule has 1 amide bonds. The molecule has 6 nitrogen and oxygen atoms in total. The van der Waals surface area contributed by atoms with Gasteiger partial charge in [0, 0.05) is 31.7 Å². The number of ether oxygens (including phenoxy) is 1. The first-order valence-corrected chi connectivity index (χ1v) is 9.55. The Morgan fingerprint density at radius 2 is 2.07 bits per heavy atom. The molecule has 6 heteroatoms. The Kier molecular flexibility index (Phi) is 4.79. The van der Waals surface area contributed by atoms with Crippen LogP contribution in [0.3, 0.4) is 0 Å². The number of likely N-dealkylation sites (tertiary alicyclic amines) is 1. The molecule has 0 radical (unpaired) electrons. The predicted octanol–water partition coefficient (Wildman–Crippen LogP) is 3.48. The van der Waals surface area contributed by atoms with Gasteiger partial charge in [0.05, 0.1) is 12.2 Å². The fraction of sp³-hybridized carbons (Fsp3) is 0.381. The summed E-state index contributed by atoms with van der Waals surface area (Å²) in [5.74, 6) is 1.93. The van der Waals surface area contributed by atoms with Gasteiger partial charge in [-0.1, -0.05) is 12.1 Å². The minimum atomic E-state index is 0.0267. The van der Waals surface area contributed by atoms with Crippen LogP contribution in [0.4, 0.5) is 0 Å². The molecule has 3 aromatic rings. The third-order valence-electron chi connectivity index (χ3n) is 5.11. The molecule has 27 heavy (non-hydrogen) atoms. The molecule has 140 valence electrons. The Labute approximate surface area is 158 Å². The number of fused-ring (bicyclic) bond motifs is 1. The highest BCUT2D eigenvalue weighted by Crippen LogP contribution is 2.31. The van der Waals surface area contributed by atoms with Gasteiger partial charge in [-0.05, 0) is 44.5 Å². The van der Waals surface area contributed by atoms with Crippen molar-refractivity contribution >= 4 is 17.1 Å². The maximum absolute atomic E-state index is 13.1. The number of para-hydroxylation sites is 1. The van der Waals surface area contributed by atoms with Crippen molar-refractivity contribution in [1.29, 1.82) is 0 Å². The molecule has 0 aliphatic carbocycles. The molecule has 2 aromatic heterocycles. The van der Waals surface area contributed by atoms with E-state index in [1.54, 1.807) is 6.20 Å². The maximum atomic E-state index is 13.1. The van der Waals surface area contributed by atoms with Gasteiger partial charge in [-0.25, -0.2) is 9.97 Å². The van der Waals surface area contributed by atoms with Crippen molar-refractivity contribution in [2.24, 2.45) is 0 Å². The molecule has 1 saturated heterocycles. The quantitative estimate of drug-likeness (QED) is 0.695. The van der Waals surface area contributed by atoms with Gasteiger partial charge in [-0.3, -0.25) is 4.79 Å². The SMILES string of the molecule is CCOc1ccccc1C(=O)N1CC[C@H](c2nc3cccnc3n2CC)C1. The van der Waals surface area contributed by atoms with Crippen LogP contribution in [0.1, 0.15) is 42.4 Å². The number of amides is 1. The Bertz CT molecular complexity index is 966. The fourth-order valence-corrected chi connectivity index (χ4v) is 3.85. The van der Waals surface area contributed by atoms with E-state index in [1.807, 2.05) is 48.2 Å². The van der Waals surface area contributed by atoms with Crippen LogP contribution >= 0.6 is 0 Å². The summed E-state index contributed by atoms with van der Waals surface area (Å²) in [5, 5.41) is 0. The largest absolute Gasteiger partial charge is 0.493 e. The number of hydrogen-bond donors (Lipinski definition) is 0. The van der Waals surface area contributed by atoms with Gasteiger partial charge < -0.3 is 14.2 Å². The van der Waals surface area contributed by atoms with E-state index in [-0.39, 0.29) is 11.8 Å². The zero-order valence-corrected chi connectivity index (χ0v) is 15.8. The first-order chi connectivity index (χ1) is 13.2. The monoisotopic (exact) mass is 364 g/mol. The van der Waals surface area contributed by atoms with Crippen LogP contribution in [0.2, 0.25) is 0 Å². The van der Waals surface area contributed by atoms with Crippen LogP contribution in [0, 0.1) is 0 Å². The van der Waals surface area contributed by atoms with E-state index in [9.17, 15) is 4.79 Å². The zero-order chi connectivity index (χ0) is 18.8. The van der Waals surface area contributed by atoms with Crippen molar-refractivity contribution in [3.63, 3.8) is 0 Å². The Morgan fingerprint density at radius 1 is 1.22 bits per heavy atom. The summed E-state index contributed by atoms with van der Waals surface area (Å²) in [6.07, 6.45) is 2.71. The van der Waals surface area contributed by atoms with E-state index in [1.165, 1.54) is 0 Å². The third-order valence-corrected chi connectivity index (χ3v) is 5.11. The number of pyridine rings is 1. The molecule has 0 N–H and O–H groups in total. The lowest BCUT2D eigenvalue weighted by Crippen LogP contribution is -2.29. The van der Waals surface area contributed by atoms with E-state index in [2.05, 4.69) is 16.5 Å². The Morgan fingerprint density at radius 3 is 2.89 bits per heavy atom. The molecule has 1 aromatic carbocycles. The highest BCUT2D eigenvalue weighted by Gasteiger charge is 2.32. The van der Waals surface area contributed by atoms with E-state index < -0.39 is 0 Å². The number of imidazole rings is 1. The standard InChI is InChI=1S/C21H24N4O2/c1-3-25-19(23-17-9-7-12-22-20(17)25)15-11-13-24(14-15)21(26)16-8-5-6-10-18(16)27-4-2/h5-10,12,15H,3-4,11,13-14H2,1-2H3/t15-/m0/s1. The summed E-state index contributed by atoms with van der Waals surface area (Å²) in [5.41, 5.74) is 2.47. The summed E-state index contributed by atoms with van der Waals surface area (Å²) >= 11 is 0. The Hall–Kier alpha value is -2.89. The molecule has 1 fully saturated rings. The Balaban J connectivity index is 1.58. The van der Waals surface area contributed by atoms with Gasteiger partial charge in [0.25, 0.3) is 5.91 Å². The summed E-state index contributed by atoms with van der Waals surface area (Å²) in [7, 11) is 0. The second-order valence-electron chi connectivity index (χ2n) is 6.73. The maximum Gasteiger partial charge on any atom is 0.257 e. The van der Waals surface area contributed by atoms with Crippen LogP contribution < -0.4 is 4.74 Å². The van der Waals surface area contributed by atoms with E-state index in [4.69, 9.17) is 9.72 Å². The van der Waals surface area contributed by atoms with Crippen LogP contribution in [-0.2, 0) is 6.54 Å². The zero-order valence-electron chi connectivity index (χ0n) is 15.8. The molecule has 1 aliphatic heterocycles. The summed E-state index contributed by atoms with van der Waals surface area (Å²) in [6, 6.07) is 11.4. The first kappa shape index (κ1) is 17.5. The average Bonchev–Trinajstić information content (AvgIpc) is 3.32. The van der Waals surface area contributed by atoms with Crippen LogP contribution in [0.15, 0.2) is 42.6 Å². The third kappa shape index (κ3) is 3.16. The van der Waals surface area contributed by atoms with Gasteiger partial charge in [-0.2, -0.15) is 0 Å². The number of carbonyl (C=O) groups excluding carboxylic acids is 1. The lowest BCUT2D eigenvalue weighted by Gasteiger charge is -2.18. The number of carbonyl (C=O) groups is 1.